The molecule has 0 saturated carbocycles. The van der Waals surface area contributed by atoms with Crippen molar-refractivity contribution in [3.05, 3.63) is 54.2 Å². The molecule has 0 fully saturated rings. The van der Waals surface area contributed by atoms with E-state index in [0.29, 0.717) is 28.7 Å². The van der Waals surface area contributed by atoms with Crippen molar-refractivity contribution in [1.29, 1.82) is 0 Å². The second-order valence-electron chi connectivity index (χ2n) is 7.16. The molecular formula is C21H20N6O3S. The van der Waals surface area contributed by atoms with Crippen LogP contribution in [0.4, 0.5) is 17.3 Å². The number of nitrogens with one attached hydrogen (secondary N) is 3. The van der Waals surface area contributed by atoms with Crippen LogP contribution in [0.5, 0.6) is 0 Å². The Kier molecular flexibility index (Phi) is 5.15. The average Bonchev–Trinajstić information content (AvgIpc) is 3.10. The lowest BCUT2D eigenvalue weighted by Gasteiger charge is -2.13. The van der Waals surface area contributed by atoms with E-state index in [0.717, 1.165) is 22.9 Å². The number of para-hydroxylation sites is 2. The number of aromatic amines is 1. The third-order valence-corrected chi connectivity index (χ3v) is 5.41. The minimum Gasteiger partial charge on any atom is -0.339 e. The van der Waals surface area contributed by atoms with Crippen LogP contribution in [0.15, 0.2) is 53.7 Å². The van der Waals surface area contributed by atoms with E-state index in [2.05, 4.69) is 30.6 Å². The van der Waals surface area contributed by atoms with Gasteiger partial charge in [0.25, 0.3) is 0 Å². The lowest BCUT2D eigenvalue weighted by molar-refractivity contribution is -0.114. The van der Waals surface area contributed by atoms with Gasteiger partial charge in [0.1, 0.15) is 17.5 Å². The number of pyridine rings is 2. The molecule has 0 saturated heterocycles. The molecule has 3 aromatic heterocycles. The van der Waals surface area contributed by atoms with Gasteiger partial charge >= 0.3 is 0 Å². The third kappa shape index (κ3) is 4.53. The fourth-order valence-electron chi connectivity index (χ4n) is 3.10. The van der Waals surface area contributed by atoms with Crippen molar-refractivity contribution in [1.82, 2.24) is 19.9 Å². The molecule has 1 aromatic carbocycles. The van der Waals surface area contributed by atoms with Crippen molar-refractivity contribution in [2.45, 2.75) is 18.9 Å². The lowest BCUT2D eigenvalue weighted by atomic mass is 10.2. The predicted octanol–water partition coefficient (Wildman–Crippen LogP) is 3.43. The molecule has 4 aromatic rings. The standard InChI is InChI=1S/C21H20N6O3S/c1-12-8-19(27-20(9-12)31(3,29)30)24-17-10-18(23-13(2)28)22-11-14(17)21-25-15-6-4-5-7-16(15)26-21/h4-11H,1-3H3,(H,25,26)(H2,22,23,24,27,28). The molecule has 0 bridgehead atoms. The van der Waals surface area contributed by atoms with Crippen molar-refractivity contribution in [3.8, 4) is 11.4 Å². The summed E-state index contributed by atoms with van der Waals surface area (Å²) in [5.74, 6) is 0.994. The summed E-state index contributed by atoms with van der Waals surface area (Å²) in [4.78, 5) is 27.9. The van der Waals surface area contributed by atoms with E-state index >= 15 is 0 Å². The number of H-pyrrole nitrogens is 1. The van der Waals surface area contributed by atoms with Gasteiger partial charge in [0.15, 0.2) is 14.9 Å². The molecule has 3 N–H and O–H groups in total. The highest BCUT2D eigenvalue weighted by atomic mass is 32.2. The Hall–Kier alpha value is -3.79. The molecule has 0 aliphatic rings. The van der Waals surface area contributed by atoms with E-state index in [4.69, 9.17) is 0 Å². The fraction of sp³-hybridized carbons (Fsp3) is 0.143. The topological polar surface area (TPSA) is 130 Å². The number of carbonyl (C=O) groups is 1. The maximum absolute atomic E-state index is 12.0. The summed E-state index contributed by atoms with van der Waals surface area (Å²) in [6.45, 7) is 3.18. The molecule has 0 aliphatic heterocycles. The van der Waals surface area contributed by atoms with Crippen molar-refractivity contribution in [2.24, 2.45) is 0 Å². The Labute approximate surface area is 178 Å². The quantitative estimate of drug-likeness (QED) is 0.437. The maximum atomic E-state index is 12.0. The summed E-state index contributed by atoms with van der Waals surface area (Å²) in [5, 5.41) is 5.77. The van der Waals surface area contributed by atoms with Gasteiger partial charge in [-0.2, -0.15) is 0 Å². The van der Waals surface area contributed by atoms with Gasteiger partial charge in [-0.25, -0.2) is 23.4 Å². The molecule has 10 heteroatoms. The van der Waals surface area contributed by atoms with E-state index < -0.39 is 9.84 Å². The number of imidazole rings is 1. The Bertz CT molecular complexity index is 1380. The number of sulfone groups is 1. The normalized spacial score (nSPS) is 11.5. The Morgan fingerprint density at radius 1 is 1.06 bits per heavy atom. The van der Waals surface area contributed by atoms with Crippen LogP contribution in [0.1, 0.15) is 12.5 Å². The summed E-state index contributed by atoms with van der Waals surface area (Å²) in [5.41, 5.74) is 3.58. The number of fused-ring (bicyclic) bond motifs is 1. The van der Waals surface area contributed by atoms with Gasteiger partial charge in [-0.05, 0) is 36.8 Å². The number of amides is 1. The van der Waals surface area contributed by atoms with Gasteiger partial charge in [-0.3, -0.25) is 4.79 Å². The highest BCUT2D eigenvalue weighted by molar-refractivity contribution is 7.90. The molecule has 158 valence electrons. The number of nitrogens with zero attached hydrogens (tertiary/aromatic N) is 3. The van der Waals surface area contributed by atoms with Crippen molar-refractivity contribution in [3.63, 3.8) is 0 Å². The van der Waals surface area contributed by atoms with Crippen molar-refractivity contribution in [2.75, 3.05) is 16.9 Å². The number of hydrogen-bond acceptors (Lipinski definition) is 7. The molecule has 0 spiro atoms. The summed E-state index contributed by atoms with van der Waals surface area (Å²) in [7, 11) is -3.48. The average molecular weight is 436 g/mol. The van der Waals surface area contributed by atoms with Crippen LogP contribution in [0.2, 0.25) is 0 Å². The van der Waals surface area contributed by atoms with Gasteiger partial charge < -0.3 is 15.6 Å². The van der Waals surface area contributed by atoms with Crippen molar-refractivity contribution < 1.29 is 13.2 Å². The SMILES string of the molecule is CC(=O)Nc1cc(Nc2cc(C)cc(S(C)(=O)=O)n2)c(-c2nc3ccccc3[nH]2)cn1. The summed E-state index contributed by atoms with van der Waals surface area (Å²) in [6.07, 6.45) is 2.69. The fourth-order valence-corrected chi connectivity index (χ4v) is 3.77. The van der Waals surface area contributed by atoms with E-state index in [9.17, 15) is 13.2 Å². The number of carbonyl (C=O) groups excluding carboxylic acids is 1. The van der Waals surface area contributed by atoms with Crippen LogP contribution in [0.3, 0.4) is 0 Å². The smallest absolute Gasteiger partial charge is 0.222 e. The Morgan fingerprint density at radius 2 is 1.84 bits per heavy atom. The minimum absolute atomic E-state index is 0.0311. The van der Waals surface area contributed by atoms with Gasteiger partial charge in [-0.1, -0.05) is 12.1 Å². The summed E-state index contributed by atoms with van der Waals surface area (Å²) < 4.78 is 24.0. The molecule has 4 rings (SSSR count). The lowest BCUT2D eigenvalue weighted by Crippen LogP contribution is -2.09. The van der Waals surface area contributed by atoms with E-state index in [1.165, 1.54) is 13.0 Å². The molecule has 3 heterocycles. The first-order chi connectivity index (χ1) is 14.7. The van der Waals surface area contributed by atoms with Gasteiger partial charge in [0, 0.05) is 25.4 Å². The number of aromatic nitrogens is 4. The number of anilines is 3. The zero-order chi connectivity index (χ0) is 22.2. The van der Waals surface area contributed by atoms with Crippen LogP contribution >= 0.6 is 0 Å². The first kappa shape index (κ1) is 20.5. The molecular weight excluding hydrogens is 416 g/mol. The van der Waals surface area contributed by atoms with E-state index in [-0.39, 0.29) is 10.9 Å². The molecule has 0 radical (unpaired) electrons. The van der Waals surface area contributed by atoms with Crippen LogP contribution in [0, 0.1) is 6.92 Å². The number of rotatable bonds is 5. The molecule has 0 aliphatic carbocycles. The maximum Gasteiger partial charge on any atom is 0.222 e. The van der Waals surface area contributed by atoms with Gasteiger partial charge in [0.2, 0.25) is 5.91 Å². The van der Waals surface area contributed by atoms with Gasteiger partial charge in [0.05, 0.1) is 22.3 Å². The summed E-state index contributed by atoms with van der Waals surface area (Å²) in [6, 6.07) is 12.5. The minimum atomic E-state index is -3.48. The predicted molar refractivity (Wildman–Crippen MR) is 119 cm³/mol. The first-order valence-electron chi connectivity index (χ1n) is 9.37. The van der Waals surface area contributed by atoms with E-state index in [1.54, 1.807) is 25.3 Å². The molecule has 9 nitrogen and oxygen atoms in total. The van der Waals surface area contributed by atoms with E-state index in [1.807, 2.05) is 24.3 Å². The summed E-state index contributed by atoms with van der Waals surface area (Å²) >= 11 is 0. The molecule has 0 atom stereocenters. The van der Waals surface area contributed by atoms with Gasteiger partial charge in [-0.15, -0.1) is 0 Å². The van der Waals surface area contributed by atoms with Crippen molar-refractivity contribution >= 4 is 44.1 Å². The first-order valence-corrected chi connectivity index (χ1v) is 11.3. The third-order valence-electron chi connectivity index (χ3n) is 4.44. The molecule has 0 unspecified atom stereocenters. The Balaban J connectivity index is 1.83. The highest BCUT2D eigenvalue weighted by Gasteiger charge is 2.15. The highest BCUT2D eigenvalue weighted by Crippen LogP contribution is 2.31. The number of hydrogen-bond donors (Lipinski definition) is 3. The Morgan fingerprint density at radius 3 is 2.55 bits per heavy atom. The number of aryl methyl sites for hydroxylation is 1. The molecule has 31 heavy (non-hydrogen) atoms. The second kappa shape index (κ2) is 7.80. The van der Waals surface area contributed by atoms with Crippen LogP contribution in [-0.4, -0.2) is 40.5 Å². The van der Waals surface area contributed by atoms with Crippen LogP contribution < -0.4 is 10.6 Å². The second-order valence-corrected chi connectivity index (χ2v) is 9.13. The molecule has 1 amide bonds. The zero-order valence-electron chi connectivity index (χ0n) is 17.1. The monoisotopic (exact) mass is 436 g/mol. The number of benzene rings is 1. The largest absolute Gasteiger partial charge is 0.339 e. The van der Waals surface area contributed by atoms with Crippen LogP contribution in [-0.2, 0) is 14.6 Å². The van der Waals surface area contributed by atoms with Crippen LogP contribution in [0.25, 0.3) is 22.4 Å². The zero-order valence-corrected chi connectivity index (χ0v) is 17.9.